The molecular formula is C35H46ClN3O3. The molecule has 0 bridgehead atoms. The van der Waals surface area contributed by atoms with Gasteiger partial charge in [-0.1, -0.05) is 98.3 Å². The van der Waals surface area contributed by atoms with E-state index >= 15 is 0 Å². The van der Waals surface area contributed by atoms with Gasteiger partial charge in [-0.25, -0.2) is 4.79 Å². The Bertz CT molecular complexity index is 1230. The number of nitrogens with zero attached hydrogens (tertiary/aromatic N) is 2. The second kappa shape index (κ2) is 17.2. The van der Waals surface area contributed by atoms with Gasteiger partial charge >= 0.3 is 6.09 Å². The molecule has 1 saturated heterocycles. The van der Waals surface area contributed by atoms with E-state index in [1.165, 1.54) is 44.9 Å². The van der Waals surface area contributed by atoms with Gasteiger partial charge in [0.25, 0.3) is 0 Å². The van der Waals surface area contributed by atoms with Crippen molar-refractivity contribution in [2.45, 2.75) is 70.4 Å². The van der Waals surface area contributed by atoms with Gasteiger partial charge in [-0.05, 0) is 75.1 Å². The lowest BCUT2D eigenvalue weighted by molar-refractivity contribution is 0.0584. The number of piperidine rings is 1. The summed E-state index contributed by atoms with van der Waals surface area (Å²) in [5, 5.41) is 12.9. The summed E-state index contributed by atoms with van der Waals surface area (Å²) in [6.07, 6.45) is 10.3. The van der Waals surface area contributed by atoms with Gasteiger partial charge in [-0.15, -0.1) is 0 Å². The van der Waals surface area contributed by atoms with E-state index in [0.29, 0.717) is 5.02 Å². The van der Waals surface area contributed by atoms with Crippen LogP contribution in [0.4, 0.5) is 10.5 Å². The summed E-state index contributed by atoms with van der Waals surface area (Å²) in [5.74, 6) is 0.140. The zero-order chi connectivity index (χ0) is 29.6. The lowest BCUT2D eigenvalue weighted by Gasteiger charge is -2.31. The van der Waals surface area contributed by atoms with Crippen LogP contribution in [-0.4, -0.2) is 60.3 Å². The number of nitrogens with one attached hydrogen (secondary N) is 1. The van der Waals surface area contributed by atoms with E-state index in [1.54, 1.807) is 6.07 Å². The molecule has 3 aromatic rings. The largest absolute Gasteiger partial charge is 0.506 e. The molecule has 0 atom stereocenters. The van der Waals surface area contributed by atoms with Crippen molar-refractivity contribution in [2.24, 2.45) is 0 Å². The van der Waals surface area contributed by atoms with Crippen LogP contribution in [0.2, 0.25) is 5.02 Å². The molecule has 226 valence electrons. The van der Waals surface area contributed by atoms with E-state index in [1.807, 2.05) is 66.7 Å². The zero-order valence-electron chi connectivity index (χ0n) is 24.9. The fourth-order valence-corrected chi connectivity index (χ4v) is 5.85. The molecule has 1 aliphatic rings. The third-order valence-corrected chi connectivity index (χ3v) is 8.34. The Morgan fingerprint density at radius 1 is 0.929 bits per heavy atom. The number of carbonyl (C=O) groups is 1. The Morgan fingerprint density at radius 2 is 1.60 bits per heavy atom. The topological polar surface area (TPSA) is 65.0 Å². The van der Waals surface area contributed by atoms with Crippen LogP contribution in [0.1, 0.15) is 63.4 Å². The number of anilines is 1. The molecule has 4 rings (SSSR count). The molecule has 0 spiro atoms. The third-order valence-electron chi connectivity index (χ3n) is 8.04. The second-order valence-corrected chi connectivity index (χ2v) is 11.9. The van der Waals surface area contributed by atoms with E-state index in [-0.39, 0.29) is 17.9 Å². The van der Waals surface area contributed by atoms with Gasteiger partial charge in [0.15, 0.2) is 0 Å². The normalized spacial score (nSPS) is 14.3. The number of hydrogen-bond donors (Lipinski definition) is 2. The first kappa shape index (κ1) is 31.9. The Morgan fingerprint density at radius 3 is 2.33 bits per heavy atom. The number of aromatic hydroxyl groups is 1. The maximum absolute atomic E-state index is 12.7. The predicted molar refractivity (Wildman–Crippen MR) is 173 cm³/mol. The number of ether oxygens (including phenoxy) is 1. The van der Waals surface area contributed by atoms with Crippen molar-refractivity contribution in [2.75, 3.05) is 38.5 Å². The summed E-state index contributed by atoms with van der Waals surface area (Å²) in [7, 11) is 2.14. The summed E-state index contributed by atoms with van der Waals surface area (Å²) in [6.45, 7) is 5.03. The maximum Gasteiger partial charge on any atom is 0.411 e. The summed E-state index contributed by atoms with van der Waals surface area (Å²) in [5.41, 5.74) is 3.96. The van der Waals surface area contributed by atoms with Gasteiger partial charge in [0.05, 0.1) is 10.7 Å². The summed E-state index contributed by atoms with van der Waals surface area (Å²) < 4.78 is 5.78. The van der Waals surface area contributed by atoms with Crippen LogP contribution in [-0.2, 0) is 11.3 Å². The SMILES string of the molecule is CN(CCCCCCCCCN1CCC(OC(=O)Nc2ccccc2-c2ccccc2)CC1)Cc1ccc(O)c(Cl)c1. The van der Waals surface area contributed by atoms with Crippen LogP contribution in [0.15, 0.2) is 72.8 Å². The summed E-state index contributed by atoms with van der Waals surface area (Å²) >= 11 is 6.01. The number of phenolic OH excluding ortho intramolecular Hbond substituents is 1. The standard InChI is InChI=1S/C35H46ClN3O3/c1-38(27-28-18-19-34(40)32(36)26-28)22-12-5-3-2-4-6-13-23-39-24-20-30(21-25-39)42-35(41)37-33-17-11-10-16-31(33)29-14-8-7-9-15-29/h7-11,14-19,26,30,40H,2-6,12-13,20-25,27H2,1H3,(H,37,41). The van der Waals surface area contributed by atoms with Crippen LogP contribution < -0.4 is 5.32 Å². The van der Waals surface area contributed by atoms with E-state index in [2.05, 4.69) is 22.2 Å². The number of benzene rings is 3. The minimum atomic E-state index is -0.370. The number of halogens is 1. The van der Waals surface area contributed by atoms with E-state index in [9.17, 15) is 9.90 Å². The van der Waals surface area contributed by atoms with Crippen LogP contribution in [0.5, 0.6) is 5.75 Å². The van der Waals surface area contributed by atoms with Crippen LogP contribution in [0.25, 0.3) is 11.1 Å². The first-order valence-corrected chi connectivity index (χ1v) is 15.9. The lowest BCUT2D eigenvalue weighted by Crippen LogP contribution is -2.38. The Balaban J connectivity index is 1.01. The predicted octanol–water partition coefficient (Wildman–Crippen LogP) is 8.59. The number of phenols is 1. The van der Waals surface area contributed by atoms with E-state index in [0.717, 1.165) is 67.9 Å². The van der Waals surface area contributed by atoms with Gasteiger partial charge in [0, 0.05) is 25.2 Å². The zero-order valence-corrected chi connectivity index (χ0v) is 25.7. The highest BCUT2D eigenvalue weighted by molar-refractivity contribution is 6.32. The monoisotopic (exact) mass is 591 g/mol. The Labute approximate surface area is 256 Å². The number of rotatable bonds is 15. The van der Waals surface area contributed by atoms with Crippen molar-refractivity contribution in [3.8, 4) is 16.9 Å². The minimum Gasteiger partial charge on any atom is -0.506 e. The average molecular weight is 592 g/mol. The Kier molecular flexibility index (Phi) is 13.0. The number of carbonyl (C=O) groups excluding carboxylic acids is 1. The third kappa shape index (κ3) is 10.6. The molecule has 1 amide bonds. The van der Waals surface area contributed by atoms with Gasteiger partial charge in [-0.2, -0.15) is 0 Å². The molecule has 7 heteroatoms. The number of amides is 1. The number of likely N-dealkylation sites (tertiary alicyclic amines) is 1. The molecule has 6 nitrogen and oxygen atoms in total. The lowest BCUT2D eigenvalue weighted by atomic mass is 10.0. The molecule has 0 aliphatic carbocycles. The number of hydrogen-bond acceptors (Lipinski definition) is 5. The molecular weight excluding hydrogens is 546 g/mol. The average Bonchev–Trinajstić information content (AvgIpc) is 2.99. The smallest absolute Gasteiger partial charge is 0.411 e. The molecule has 0 unspecified atom stereocenters. The molecule has 1 heterocycles. The summed E-state index contributed by atoms with van der Waals surface area (Å²) in [6, 6.07) is 23.4. The second-order valence-electron chi connectivity index (χ2n) is 11.5. The molecule has 42 heavy (non-hydrogen) atoms. The van der Waals surface area contributed by atoms with Gasteiger partial charge < -0.3 is 19.6 Å². The molecule has 0 saturated carbocycles. The highest BCUT2D eigenvalue weighted by atomic mass is 35.5. The Hall–Kier alpha value is -3.06. The van der Waals surface area contributed by atoms with Crippen LogP contribution in [0.3, 0.4) is 0 Å². The van der Waals surface area contributed by atoms with Crippen molar-refractivity contribution >= 4 is 23.4 Å². The van der Waals surface area contributed by atoms with Crippen molar-refractivity contribution in [3.63, 3.8) is 0 Å². The quantitative estimate of drug-likeness (QED) is 0.173. The van der Waals surface area contributed by atoms with Gasteiger partial charge in [0.2, 0.25) is 0 Å². The molecule has 0 radical (unpaired) electrons. The fraction of sp³-hybridized carbons (Fsp3) is 0.457. The fourth-order valence-electron chi connectivity index (χ4n) is 5.64. The van der Waals surface area contributed by atoms with Crippen LogP contribution >= 0.6 is 11.6 Å². The minimum absolute atomic E-state index is 0.0249. The van der Waals surface area contributed by atoms with Crippen molar-refractivity contribution in [1.29, 1.82) is 0 Å². The van der Waals surface area contributed by atoms with Gasteiger partial charge in [-0.3, -0.25) is 5.32 Å². The van der Waals surface area contributed by atoms with Crippen molar-refractivity contribution in [3.05, 3.63) is 83.4 Å². The highest BCUT2D eigenvalue weighted by Crippen LogP contribution is 2.28. The molecule has 1 fully saturated rings. The van der Waals surface area contributed by atoms with E-state index in [4.69, 9.17) is 16.3 Å². The van der Waals surface area contributed by atoms with Crippen molar-refractivity contribution < 1.29 is 14.6 Å². The van der Waals surface area contributed by atoms with Crippen molar-refractivity contribution in [1.82, 2.24) is 9.80 Å². The molecule has 0 aromatic heterocycles. The van der Waals surface area contributed by atoms with Gasteiger partial charge in [0.1, 0.15) is 11.9 Å². The summed E-state index contributed by atoms with van der Waals surface area (Å²) in [4.78, 5) is 17.5. The highest BCUT2D eigenvalue weighted by Gasteiger charge is 2.22. The maximum atomic E-state index is 12.7. The number of unbranched alkanes of at least 4 members (excludes halogenated alkanes) is 6. The molecule has 1 aliphatic heterocycles. The van der Waals surface area contributed by atoms with Crippen LogP contribution in [0, 0.1) is 0 Å². The molecule has 3 aromatic carbocycles. The number of para-hydroxylation sites is 1. The first-order chi connectivity index (χ1) is 20.5. The first-order valence-electron chi connectivity index (χ1n) is 15.5. The van der Waals surface area contributed by atoms with E-state index < -0.39 is 0 Å². The molecule has 2 N–H and O–H groups in total.